The number of hydrogen-bond donors (Lipinski definition) is 1. The first kappa shape index (κ1) is 28.8. The summed E-state index contributed by atoms with van der Waals surface area (Å²) in [7, 11) is -0.443. The molecule has 2 atom stereocenters. The first-order valence-corrected chi connectivity index (χ1v) is 15.0. The Hall–Kier alpha value is -3.21. The lowest BCUT2D eigenvalue weighted by atomic mass is 9.84. The minimum atomic E-state index is -3.69. The van der Waals surface area contributed by atoms with Gasteiger partial charge in [0.25, 0.3) is 5.91 Å². The van der Waals surface area contributed by atoms with Gasteiger partial charge in [0.05, 0.1) is 17.3 Å². The van der Waals surface area contributed by atoms with Crippen molar-refractivity contribution in [2.45, 2.75) is 29.4 Å². The Morgan fingerprint density at radius 1 is 1.05 bits per heavy atom. The van der Waals surface area contributed by atoms with Crippen LogP contribution in [0.2, 0.25) is 0 Å². The molecule has 8 nitrogen and oxygen atoms in total. The van der Waals surface area contributed by atoms with Gasteiger partial charge in [0, 0.05) is 43.6 Å². The maximum Gasteiger partial charge on any atom is 0.254 e. The third-order valence-corrected chi connectivity index (χ3v) is 8.70. The number of rotatable bonds is 11. The zero-order valence-electron chi connectivity index (χ0n) is 21.8. The zero-order valence-corrected chi connectivity index (χ0v) is 24.2. The molecule has 1 amide bonds. The van der Waals surface area contributed by atoms with Crippen molar-refractivity contribution in [3.8, 4) is 5.75 Å². The van der Waals surface area contributed by atoms with Gasteiger partial charge < -0.3 is 19.5 Å². The number of ether oxygens (including phenoxy) is 2. The third kappa shape index (κ3) is 6.51. The molecule has 39 heavy (non-hydrogen) atoms. The van der Waals surface area contributed by atoms with Crippen molar-refractivity contribution in [1.82, 2.24) is 4.90 Å². The molecular weight excluding hydrogens is 584 g/mol. The van der Waals surface area contributed by atoms with Crippen molar-refractivity contribution in [1.29, 1.82) is 0 Å². The van der Waals surface area contributed by atoms with Gasteiger partial charge in [-0.15, -0.1) is 0 Å². The summed E-state index contributed by atoms with van der Waals surface area (Å²) >= 11 is 3.45. The van der Waals surface area contributed by atoms with Crippen molar-refractivity contribution in [3.63, 3.8) is 0 Å². The van der Waals surface area contributed by atoms with Gasteiger partial charge in [-0.2, -0.15) is 0 Å². The quantitative estimate of drug-likeness (QED) is 0.321. The molecule has 1 N–H and O–H groups in total. The van der Waals surface area contributed by atoms with Gasteiger partial charge in [-0.25, -0.2) is 13.4 Å². The van der Waals surface area contributed by atoms with Crippen molar-refractivity contribution >= 4 is 37.6 Å². The Morgan fingerprint density at radius 3 is 2.33 bits per heavy atom. The van der Waals surface area contributed by atoms with Crippen LogP contribution in [-0.2, 0) is 19.4 Å². The number of sulfone groups is 1. The molecule has 1 aliphatic heterocycles. The molecule has 206 valence electrons. The van der Waals surface area contributed by atoms with Crippen LogP contribution >= 0.6 is 15.9 Å². The van der Waals surface area contributed by atoms with E-state index in [1.54, 1.807) is 68.7 Å². The van der Waals surface area contributed by atoms with Crippen LogP contribution < -0.4 is 4.74 Å². The highest BCUT2D eigenvalue weighted by Crippen LogP contribution is 2.44. The van der Waals surface area contributed by atoms with Crippen LogP contribution in [0, 0.1) is 0 Å². The van der Waals surface area contributed by atoms with Crippen molar-refractivity contribution in [3.05, 3.63) is 94.5 Å². The van der Waals surface area contributed by atoms with Crippen molar-refractivity contribution in [2.24, 2.45) is 4.99 Å². The zero-order chi connectivity index (χ0) is 28.0. The fraction of sp³-hybridized carbons (Fsp3) is 0.310. The molecular formula is C29H31BrN2O6S. The molecule has 0 unspecified atom stereocenters. The fourth-order valence-electron chi connectivity index (χ4n) is 4.41. The van der Waals surface area contributed by atoms with Gasteiger partial charge >= 0.3 is 0 Å². The van der Waals surface area contributed by atoms with E-state index in [2.05, 4.69) is 15.9 Å². The molecule has 0 saturated heterocycles. The topological polar surface area (TPSA) is 106 Å². The maximum atomic E-state index is 13.8. The van der Waals surface area contributed by atoms with Crippen LogP contribution in [-0.4, -0.2) is 68.8 Å². The summed E-state index contributed by atoms with van der Waals surface area (Å²) in [5, 5.41) is 8.97. The minimum Gasteiger partial charge on any atom is -0.494 e. The lowest BCUT2D eigenvalue weighted by Crippen LogP contribution is -2.48. The van der Waals surface area contributed by atoms with Gasteiger partial charge in [0.15, 0.2) is 21.5 Å². The van der Waals surface area contributed by atoms with Crippen LogP contribution in [0.25, 0.3) is 0 Å². The number of aliphatic hydroxyl groups excluding tert-OH is 1. The van der Waals surface area contributed by atoms with E-state index in [-0.39, 0.29) is 35.5 Å². The monoisotopic (exact) mass is 614 g/mol. The normalized spacial score (nSPS) is 18.8. The molecule has 4 rings (SSSR count). The number of halogens is 1. The third-order valence-electron chi connectivity index (χ3n) is 6.44. The van der Waals surface area contributed by atoms with Crippen molar-refractivity contribution < 1.29 is 27.8 Å². The Balaban J connectivity index is 1.75. The highest BCUT2D eigenvalue weighted by molar-refractivity contribution is 9.10. The predicted octanol–water partition coefficient (Wildman–Crippen LogP) is 4.42. The van der Waals surface area contributed by atoms with E-state index in [0.717, 1.165) is 4.47 Å². The molecule has 0 aliphatic carbocycles. The Labute approximate surface area is 237 Å². The molecule has 0 radical (unpaired) electrons. The number of aliphatic imine (C=N–C) groups is 1. The number of carbonyl (C=O) groups is 1. The van der Waals surface area contributed by atoms with E-state index in [1.165, 1.54) is 4.90 Å². The predicted molar refractivity (Wildman–Crippen MR) is 153 cm³/mol. The summed E-state index contributed by atoms with van der Waals surface area (Å²) in [6.07, 6.45) is -0.400. The lowest BCUT2D eigenvalue weighted by molar-refractivity contribution is -0.137. The molecule has 1 heterocycles. The summed E-state index contributed by atoms with van der Waals surface area (Å²) in [5.74, 6) is 0.233. The van der Waals surface area contributed by atoms with Crippen LogP contribution in [0.4, 0.5) is 0 Å². The highest BCUT2D eigenvalue weighted by atomic mass is 79.9. The van der Waals surface area contributed by atoms with Gasteiger partial charge in [0.1, 0.15) is 5.75 Å². The molecule has 0 spiro atoms. The van der Waals surface area contributed by atoms with Crippen molar-refractivity contribution in [2.75, 3.05) is 33.1 Å². The van der Waals surface area contributed by atoms with Gasteiger partial charge in [-0.1, -0.05) is 46.3 Å². The first-order chi connectivity index (χ1) is 18.7. The molecule has 3 aromatic carbocycles. The average Bonchev–Trinajstić information content (AvgIpc) is 3.34. The van der Waals surface area contributed by atoms with Gasteiger partial charge in [-0.3, -0.25) is 4.79 Å². The fourth-order valence-corrected chi connectivity index (χ4v) is 6.07. The maximum absolute atomic E-state index is 13.8. The Morgan fingerprint density at radius 2 is 1.72 bits per heavy atom. The van der Waals surface area contributed by atoms with Crippen LogP contribution in [0.1, 0.15) is 30.1 Å². The number of amides is 1. The molecule has 3 aromatic rings. The number of hydrogen-bond acceptors (Lipinski definition) is 7. The highest BCUT2D eigenvalue weighted by Gasteiger charge is 2.54. The molecule has 10 heteroatoms. The van der Waals surface area contributed by atoms with E-state index >= 15 is 0 Å². The van der Waals surface area contributed by atoms with Gasteiger partial charge in [-0.05, 0) is 54.1 Å². The second-order valence-electron chi connectivity index (χ2n) is 9.42. The van der Waals surface area contributed by atoms with E-state index in [1.807, 2.05) is 24.3 Å². The first-order valence-electron chi connectivity index (χ1n) is 12.5. The number of nitrogens with zero attached hydrogens (tertiary/aromatic N) is 2. The SMILES string of the molecule is CN(C)C(=O)[C@]1(CCS(=O)(=O)c2ccccc2)N=C(c2ccc(OCCCO)cc2)O[C@@H]1c1ccc(Br)cc1. The molecule has 0 bridgehead atoms. The van der Waals surface area contributed by atoms with Crippen LogP contribution in [0.5, 0.6) is 5.75 Å². The van der Waals surface area contributed by atoms with E-state index in [0.29, 0.717) is 29.9 Å². The second-order valence-corrected chi connectivity index (χ2v) is 12.4. The largest absolute Gasteiger partial charge is 0.494 e. The summed E-state index contributed by atoms with van der Waals surface area (Å²) < 4.78 is 39.4. The summed E-state index contributed by atoms with van der Waals surface area (Å²) in [6, 6.07) is 22.7. The average molecular weight is 616 g/mol. The number of carbonyl (C=O) groups excluding carboxylic acids is 1. The molecule has 0 fully saturated rings. The Kier molecular flexibility index (Phi) is 9.09. The van der Waals surface area contributed by atoms with Gasteiger partial charge in [0.2, 0.25) is 5.90 Å². The van der Waals surface area contributed by atoms with E-state index in [4.69, 9.17) is 19.6 Å². The smallest absolute Gasteiger partial charge is 0.254 e. The standard InChI is InChI=1S/C29H31BrN2O6S/c1-32(2)28(34)29(17-20-39(35,36)25-7-4-3-5-8-25)26(21-9-13-23(30)14-10-21)38-27(31-29)22-11-15-24(16-12-22)37-19-6-18-33/h3-5,7-16,26,33H,6,17-20H2,1-2H3/t26-,29-/m1/s1. The molecule has 0 saturated carbocycles. The van der Waals surface area contributed by atoms with Crippen LogP contribution in [0.3, 0.4) is 0 Å². The van der Waals surface area contributed by atoms with Crippen LogP contribution in [0.15, 0.2) is 93.2 Å². The number of likely N-dealkylation sites (N-methyl/N-ethyl adjacent to an activating group) is 1. The second kappa shape index (κ2) is 12.3. The van der Waals surface area contributed by atoms with E-state index in [9.17, 15) is 13.2 Å². The van der Waals surface area contributed by atoms with E-state index < -0.39 is 21.5 Å². The Bertz CT molecular complexity index is 1410. The summed E-state index contributed by atoms with van der Waals surface area (Å²) in [6.45, 7) is 0.428. The number of benzene rings is 3. The lowest BCUT2D eigenvalue weighted by Gasteiger charge is -2.32. The number of aliphatic hydroxyl groups is 1. The molecule has 0 aromatic heterocycles. The molecule has 1 aliphatic rings. The summed E-state index contributed by atoms with van der Waals surface area (Å²) in [5.41, 5.74) is -0.177. The summed E-state index contributed by atoms with van der Waals surface area (Å²) in [4.78, 5) is 20.3. The minimum absolute atomic E-state index is 0.0438.